The first-order valence-corrected chi connectivity index (χ1v) is 14.6. The Morgan fingerprint density at radius 1 is 1.17 bits per heavy atom. The van der Waals surface area contributed by atoms with Crippen molar-refractivity contribution in [2.24, 2.45) is 0 Å². The molecule has 4 aliphatic heterocycles. The van der Waals surface area contributed by atoms with Gasteiger partial charge in [-0.1, -0.05) is 35.9 Å². The third-order valence-corrected chi connectivity index (χ3v) is 9.46. The van der Waals surface area contributed by atoms with Crippen LogP contribution in [-0.2, 0) is 23.3 Å². The van der Waals surface area contributed by atoms with Crippen LogP contribution in [0.4, 0.5) is 25.1 Å². The molecule has 0 radical (unpaired) electrons. The topological polar surface area (TPSA) is 81.2 Å². The Bertz CT molecular complexity index is 1540. The Morgan fingerprint density at radius 2 is 2.00 bits per heavy atom. The number of aliphatic hydroxyl groups excluding tert-OH is 1. The van der Waals surface area contributed by atoms with Crippen LogP contribution >= 0.6 is 11.6 Å². The molecule has 3 aromatic rings. The fourth-order valence-corrected chi connectivity index (χ4v) is 7.12. The highest BCUT2D eigenvalue weighted by molar-refractivity contribution is 6.30. The number of morpholine rings is 1. The first-order chi connectivity index (χ1) is 20.2. The van der Waals surface area contributed by atoms with Crippen LogP contribution in [0.15, 0.2) is 48.7 Å². The van der Waals surface area contributed by atoms with Crippen LogP contribution in [0.25, 0.3) is 0 Å². The quantitative estimate of drug-likeness (QED) is 0.452. The molecule has 2 N–H and O–H groups in total. The third kappa shape index (κ3) is 4.47. The van der Waals surface area contributed by atoms with Gasteiger partial charge in [-0.05, 0) is 42.7 Å². The van der Waals surface area contributed by atoms with Crippen molar-refractivity contribution in [3.63, 3.8) is 0 Å². The van der Waals surface area contributed by atoms with Crippen molar-refractivity contribution in [3.05, 3.63) is 87.6 Å². The molecule has 3 saturated heterocycles. The number of benzene rings is 2. The molecule has 3 atom stereocenters. The van der Waals surface area contributed by atoms with Gasteiger partial charge in [0, 0.05) is 55.5 Å². The Hall–Kier alpha value is -3.47. The lowest BCUT2D eigenvalue weighted by Crippen LogP contribution is -2.61. The molecule has 2 aromatic carbocycles. The van der Waals surface area contributed by atoms with Crippen LogP contribution in [0.3, 0.4) is 0 Å². The molecular formula is C31H32ClF2N5O3. The fourth-order valence-electron chi connectivity index (χ4n) is 6.95. The van der Waals surface area contributed by atoms with Crippen molar-refractivity contribution in [2.45, 2.75) is 50.1 Å². The van der Waals surface area contributed by atoms with Gasteiger partial charge in [-0.2, -0.15) is 0 Å². The molecule has 1 aromatic heterocycles. The summed E-state index contributed by atoms with van der Waals surface area (Å²) in [5.41, 5.74) is 1.34. The summed E-state index contributed by atoms with van der Waals surface area (Å²) in [4.78, 5) is 23.2. The van der Waals surface area contributed by atoms with Crippen molar-refractivity contribution in [2.75, 3.05) is 43.0 Å². The maximum Gasteiger partial charge on any atom is 0.320 e. The highest BCUT2D eigenvalue weighted by atomic mass is 35.5. The zero-order valence-electron chi connectivity index (χ0n) is 23.2. The lowest BCUT2D eigenvalue weighted by molar-refractivity contribution is 0.0303. The highest BCUT2D eigenvalue weighted by Crippen LogP contribution is 2.45. The van der Waals surface area contributed by atoms with E-state index in [1.54, 1.807) is 35.4 Å². The number of urea groups is 1. The largest absolute Gasteiger partial charge is 0.392 e. The summed E-state index contributed by atoms with van der Waals surface area (Å²) in [5, 5.41) is 12.7. The first-order valence-electron chi connectivity index (χ1n) is 14.3. The average Bonchev–Trinajstić information content (AvgIpc) is 3.61. The van der Waals surface area contributed by atoms with Gasteiger partial charge in [-0.25, -0.2) is 18.6 Å². The van der Waals surface area contributed by atoms with E-state index in [9.17, 15) is 9.90 Å². The SMILES string of the molecule is CC1(c2cccc(Cl)c2F)CN(c2ccc(CO)cn2)Cc2ccc(NC3CN(C(=O)N4C[C@@H]5C[C@H]4CO5)C3)c(F)c21. The molecule has 0 saturated carbocycles. The molecular weight excluding hydrogens is 564 g/mol. The smallest absolute Gasteiger partial charge is 0.320 e. The second-order valence-corrected chi connectivity index (χ2v) is 12.4. The van der Waals surface area contributed by atoms with Gasteiger partial charge in [0.25, 0.3) is 0 Å². The molecule has 42 heavy (non-hydrogen) atoms. The molecule has 2 amide bonds. The second-order valence-electron chi connectivity index (χ2n) is 12.0. The molecule has 0 aliphatic carbocycles. The molecule has 11 heteroatoms. The number of anilines is 2. The minimum atomic E-state index is -1.10. The number of hydrogen-bond donors (Lipinski definition) is 2. The van der Waals surface area contributed by atoms with E-state index in [2.05, 4.69) is 10.3 Å². The molecule has 2 bridgehead atoms. The van der Waals surface area contributed by atoms with E-state index in [-0.39, 0.29) is 42.4 Å². The van der Waals surface area contributed by atoms with Gasteiger partial charge < -0.3 is 29.9 Å². The number of fused-ring (bicyclic) bond motifs is 3. The Morgan fingerprint density at radius 3 is 2.69 bits per heavy atom. The van der Waals surface area contributed by atoms with Crippen molar-refractivity contribution in [3.8, 4) is 0 Å². The zero-order valence-corrected chi connectivity index (χ0v) is 24.0. The van der Waals surface area contributed by atoms with Crippen LogP contribution in [0, 0.1) is 11.6 Å². The van der Waals surface area contributed by atoms with E-state index in [1.165, 1.54) is 6.07 Å². The number of rotatable bonds is 5. The average molecular weight is 596 g/mol. The van der Waals surface area contributed by atoms with Gasteiger partial charge in [-0.3, -0.25) is 0 Å². The second kappa shape index (κ2) is 10.4. The van der Waals surface area contributed by atoms with Crippen LogP contribution in [-0.4, -0.2) is 76.9 Å². The number of amides is 2. The molecule has 5 heterocycles. The number of pyridine rings is 1. The van der Waals surface area contributed by atoms with E-state index in [4.69, 9.17) is 16.3 Å². The number of aromatic nitrogens is 1. The summed E-state index contributed by atoms with van der Waals surface area (Å²) in [5.74, 6) is -0.368. The lowest BCUT2D eigenvalue weighted by Gasteiger charge is -2.45. The number of hydrogen-bond acceptors (Lipinski definition) is 6. The summed E-state index contributed by atoms with van der Waals surface area (Å²) < 4.78 is 37.7. The molecule has 7 rings (SSSR count). The molecule has 4 aliphatic rings. The predicted molar refractivity (Wildman–Crippen MR) is 155 cm³/mol. The van der Waals surface area contributed by atoms with E-state index in [1.807, 2.05) is 28.9 Å². The number of halogens is 3. The molecule has 220 valence electrons. The van der Waals surface area contributed by atoms with Gasteiger partial charge in [0.1, 0.15) is 11.6 Å². The number of nitrogens with zero attached hydrogens (tertiary/aromatic N) is 4. The number of ether oxygens (including phenoxy) is 1. The molecule has 3 fully saturated rings. The predicted octanol–water partition coefficient (Wildman–Crippen LogP) is 4.52. The minimum Gasteiger partial charge on any atom is -0.392 e. The highest BCUT2D eigenvalue weighted by Gasteiger charge is 2.46. The zero-order chi connectivity index (χ0) is 29.2. The number of likely N-dealkylation sites (tertiary alicyclic amines) is 2. The summed E-state index contributed by atoms with van der Waals surface area (Å²) in [6.07, 6.45) is 2.64. The number of carbonyl (C=O) groups is 1. The van der Waals surface area contributed by atoms with E-state index in [0.29, 0.717) is 61.0 Å². The molecule has 1 unspecified atom stereocenters. The number of carbonyl (C=O) groups excluding carboxylic acids is 1. The van der Waals surface area contributed by atoms with Crippen LogP contribution in [0.1, 0.15) is 35.6 Å². The van der Waals surface area contributed by atoms with Gasteiger partial charge in [-0.15, -0.1) is 0 Å². The summed E-state index contributed by atoms with van der Waals surface area (Å²) in [7, 11) is 0. The van der Waals surface area contributed by atoms with Gasteiger partial charge >= 0.3 is 6.03 Å². The van der Waals surface area contributed by atoms with E-state index in [0.717, 1.165) is 12.0 Å². The van der Waals surface area contributed by atoms with Gasteiger partial charge in [0.05, 0.1) is 42.1 Å². The first kappa shape index (κ1) is 27.4. The number of nitrogens with one attached hydrogen (secondary N) is 1. The fraction of sp³-hybridized carbons (Fsp3) is 0.419. The monoisotopic (exact) mass is 595 g/mol. The minimum absolute atomic E-state index is 0.0134. The maximum atomic E-state index is 16.5. The van der Waals surface area contributed by atoms with Gasteiger partial charge in [0.15, 0.2) is 5.82 Å². The van der Waals surface area contributed by atoms with Crippen molar-refractivity contribution >= 4 is 29.1 Å². The van der Waals surface area contributed by atoms with Crippen LogP contribution in [0.5, 0.6) is 0 Å². The third-order valence-electron chi connectivity index (χ3n) is 9.17. The Labute approximate surface area is 247 Å². The maximum absolute atomic E-state index is 16.5. The summed E-state index contributed by atoms with van der Waals surface area (Å²) in [6.45, 7) is 4.54. The molecule has 0 spiro atoms. The van der Waals surface area contributed by atoms with Crippen LogP contribution < -0.4 is 10.2 Å². The van der Waals surface area contributed by atoms with Gasteiger partial charge in [0.2, 0.25) is 0 Å². The summed E-state index contributed by atoms with van der Waals surface area (Å²) in [6, 6.07) is 12.1. The summed E-state index contributed by atoms with van der Waals surface area (Å²) >= 11 is 6.21. The lowest BCUT2D eigenvalue weighted by atomic mass is 9.71. The standard InChI is InChI=1S/C31H32ClF2N5O3/c1-31(23-3-2-4-24(32)28(23)33)17-38(26-8-5-18(15-40)10-35-26)11-19-6-7-25(29(34)27(19)31)36-20-12-37(13-20)30(41)39-14-22-9-21(39)16-42-22/h2-8,10,20-22,36,40H,9,11-17H2,1H3/t21-,22-,31?/m0/s1. The Kier molecular flexibility index (Phi) is 6.75. The number of aliphatic hydroxyl groups is 1. The normalized spacial score (nSPS) is 25.0. The van der Waals surface area contributed by atoms with E-state index < -0.39 is 17.0 Å². The van der Waals surface area contributed by atoms with E-state index >= 15 is 8.78 Å². The van der Waals surface area contributed by atoms with Crippen molar-refractivity contribution < 1.29 is 23.4 Å². The van der Waals surface area contributed by atoms with Crippen LogP contribution in [0.2, 0.25) is 5.02 Å². The van der Waals surface area contributed by atoms with Crippen molar-refractivity contribution in [1.29, 1.82) is 0 Å². The molecule has 8 nitrogen and oxygen atoms in total. The Balaban J connectivity index is 1.17. The van der Waals surface area contributed by atoms with Crippen molar-refractivity contribution in [1.82, 2.24) is 14.8 Å².